The summed E-state index contributed by atoms with van der Waals surface area (Å²) in [5.74, 6) is 0.703. The summed E-state index contributed by atoms with van der Waals surface area (Å²) in [5.41, 5.74) is 7.01. The number of pyridine rings is 2. The molecule has 0 aliphatic rings. The Morgan fingerprint density at radius 1 is 0.472 bits per heavy atom. The molecule has 53 heavy (non-hydrogen) atoms. The minimum absolute atomic E-state index is 0.240. The SMILES string of the molecule is O=C(Nc1ccc(Oc2ccc(NC(=O)c3cc(-c4cccc(Br)c4)nc4ccccc34)cc2)cc1)c1cc(-c2cccc(Br)c2)nc2ccccc12. The van der Waals surface area contributed by atoms with E-state index in [1.54, 1.807) is 48.5 Å². The predicted octanol–water partition coefficient (Wildman–Crippen LogP) is 11.9. The van der Waals surface area contributed by atoms with Crippen LogP contribution in [0.5, 0.6) is 11.5 Å². The first-order valence-corrected chi connectivity index (χ1v) is 18.3. The Kier molecular flexibility index (Phi) is 9.50. The molecule has 0 fully saturated rings. The number of amides is 2. The standard InChI is InChI=1S/C44H28Br2N4O3/c45-29-9-5-7-27(23-29)41-25-37(35-11-1-3-13-39(35)49-41)43(51)47-31-15-19-33(20-16-31)53-34-21-17-32(18-22-34)48-44(52)38-26-42(28-8-6-10-30(46)24-28)50-40-14-4-2-12-36(38)40/h1-26H,(H,47,51)(H,48,52). The molecular formula is C44H28Br2N4O3. The van der Waals surface area contributed by atoms with Gasteiger partial charge in [0.25, 0.3) is 11.8 Å². The van der Waals surface area contributed by atoms with Crippen molar-refractivity contribution in [2.75, 3.05) is 10.6 Å². The molecule has 7 nitrogen and oxygen atoms in total. The number of anilines is 2. The first-order chi connectivity index (χ1) is 25.9. The Morgan fingerprint density at radius 2 is 0.887 bits per heavy atom. The highest BCUT2D eigenvalue weighted by Gasteiger charge is 2.16. The second kappa shape index (κ2) is 14.8. The van der Waals surface area contributed by atoms with Crippen LogP contribution in [0.2, 0.25) is 0 Å². The highest BCUT2D eigenvalue weighted by Crippen LogP contribution is 2.30. The van der Waals surface area contributed by atoms with Gasteiger partial charge in [-0.05, 0) is 97.1 Å². The molecule has 0 aliphatic heterocycles. The first-order valence-electron chi connectivity index (χ1n) is 16.7. The average molecular weight is 821 g/mol. The summed E-state index contributed by atoms with van der Waals surface area (Å²) in [5, 5.41) is 7.57. The molecule has 0 saturated carbocycles. The molecule has 0 saturated heterocycles. The maximum absolute atomic E-state index is 13.6. The van der Waals surface area contributed by atoms with Crippen molar-refractivity contribution < 1.29 is 14.3 Å². The number of carbonyl (C=O) groups is 2. The first kappa shape index (κ1) is 34.0. The summed E-state index contributed by atoms with van der Waals surface area (Å²) in [7, 11) is 0. The van der Waals surface area contributed by atoms with Crippen molar-refractivity contribution in [3.8, 4) is 34.0 Å². The van der Waals surface area contributed by atoms with Crippen LogP contribution in [0.15, 0.2) is 167 Å². The molecule has 6 aromatic carbocycles. The van der Waals surface area contributed by atoms with Crippen LogP contribution in [0.1, 0.15) is 20.7 Å². The molecule has 9 heteroatoms. The van der Waals surface area contributed by atoms with Crippen molar-refractivity contribution in [3.63, 3.8) is 0 Å². The fraction of sp³-hybridized carbons (Fsp3) is 0. The maximum Gasteiger partial charge on any atom is 0.256 e. The van der Waals surface area contributed by atoms with Gasteiger partial charge in [-0.2, -0.15) is 0 Å². The van der Waals surface area contributed by atoms with Crippen LogP contribution < -0.4 is 15.4 Å². The Morgan fingerprint density at radius 3 is 1.30 bits per heavy atom. The van der Waals surface area contributed by atoms with Gasteiger partial charge in [0.05, 0.1) is 33.5 Å². The molecule has 0 bridgehead atoms. The van der Waals surface area contributed by atoms with E-state index in [0.29, 0.717) is 45.4 Å². The second-order valence-electron chi connectivity index (χ2n) is 12.2. The van der Waals surface area contributed by atoms with Crippen molar-refractivity contribution in [3.05, 3.63) is 178 Å². The van der Waals surface area contributed by atoms with E-state index in [2.05, 4.69) is 42.5 Å². The molecule has 0 aliphatic carbocycles. The van der Waals surface area contributed by atoms with Gasteiger partial charge in [-0.3, -0.25) is 9.59 Å². The van der Waals surface area contributed by atoms with E-state index in [9.17, 15) is 9.59 Å². The van der Waals surface area contributed by atoms with Crippen LogP contribution >= 0.6 is 31.9 Å². The van der Waals surface area contributed by atoms with Gasteiger partial charge >= 0.3 is 0 Å². The van der Waals surface area contributed by atoms with Gasteiger partial charge in [-0.15, -0.1) is 0 Å². The number of halogens is 2. The number of hydrogen-bond acceptors (Lipinski definition) is 5. The lowest BCUT2D eigenvalue weighted by molar-refractivity contribution is 0.102. The fourth-order valence-corrected chi connectivity index (χ4v) is 6.86. The zero-order valence-electron chi connectivity index (χ0n) is 27.9. The molecule has 256 valence electrons. The third-order valence-electron chi connectivity index (χ3n) is 8.62. The van der Waals surface area contributed by atoms with Crippen molar-refractivity contribution in [1.29, 1.82) is 0 Å². The number of nitrogens with zero attached hydrogens (tertiary/aromatic N) is 2. The number of hydrogen-bond donors (Lipinski definition) is 2. The highest BCUT2D eigenvalue weighted by atomic mass is 79.9. The van der Waals surface area contributed by atoms with Crippen LogP contribution in [0, 0.1) is 0 Å². The third-order valence-corrected chi connectivity index (χ3v) is 9.61. The van der Waals surface area contributed by atoms with Gasteiger partial charge in [0, 0.05) is 42.2 Å². The second-order valence-corrected chi connectivity index (χ2v) is 14.1. The van der Waals surface area contributed by atoms with E-state index in [1.165, 1.54) is 0 Å². The average Bonchev–Trinajstić information content (AvgIpc) is 3.18. The number of rotatable bonds is 8. The monoisotopic (exact) mass is 818 g/mol. The number of benzene rings is 6. The summed E-state index contributed by atoms with van der Waals surface area (Å²) >= 11 is 7.06. The zero-order chi connectivity index (χ0) is 36.3. The van der Waals surface area contributed by atoms with Crippen LogP contribution in [-0.4, -0.2) is 21.8 Å². The molecule has 2 heterocycles. The van der Waals surface area contributed by atoms with Crippen LogP contribution in [0.4, 0.5) is 11.4 Å². The van der Waals surface area contributed by atoms with E-state index < -0.39 is 0 Å². The molecule has 0 spiro atoms. The topological polar surface area (TPSA) is 93.2 Å². The smallest absolute Gasteiger partial charge is 0.256 e. The summed E-state index contributed by atoms with van der Waals surface area (Å²) in [4.78, 5) is 36.8. The van der Waals surface area contributed by atoms with Gasteiger partial charge in [0.15, 0.2) is 0 Å². The number of para-hydroxylation sites is 2. The van der Waals surface area contributed by atoms with Gasteiger partial charge < -0.3 is 15.4 Å². The van der Waals surface area contributed by atoms with Gasteiger partial charge in [0.1, 0.15) is 11.5 Å². The molecule has 0 unspecified atom stereocenters. The molecule has 2 amide bonds. The van der Waals surface area contributed by atoms with Gasteiger partial charge in [-0.25, -0.2) is 9.97 Å². The summed E-state index contributed by atoms with van der Waals surface area (Å²) in [6.07, 6.45) is 0. The molecule has 8 rings (SSSR count). The number of ether oxygens (including phenoxy) is 1. The van der Waals surface area contributed by atoms with E-state index in [0.717, 1.165) is 41.9 Å². The number of aromatic nitrogens is 2. The molecule has 8 aromatic rings. The lowest BCUT2D eigenvalue weighted by atomic mass is 10.0. The lowest BCUT2D eigenvalue weighted by Crippen LogP contribution is -2.13. The van der Waals surface area contributed by atoms with E-state index in [4.69, 9.17) is 14.7 Å². The normalized spacial score (nSPS) is 11.0. The maximum atomic E-state index is 13.6. The lowest BCUT2D eigenvalue weighted by Gasteiger charge is -2.12. The Hall–Kier alpha value is -6.16. The van der Waals surface area contributed by atoms with Crippen molar-refractivity contribution in [2.45, 2.75) is 0 Å². The molecular weight excluding hydrogens is 792 g/mol. The van der Waals surface area contributed by atoms with Gasteiger partial charge in [0.2, 0.25) is 0 Å². The minimum Gasteiger partial charge on any atom is -0.457 e. The minimum atomic E-state index is -0.240. The van der Waals surface area contributed by atoms with E-state index in [1.807, 2.05) is 109 Å². The summed E-state index contributed by atoms with van der Waals surface area (Å²) in [6.45, 7) is 0. The summed E-state index contributed by atoms with van der Waals surface area (Å²) < 4.78 is 7.95. The largest absolute Gasteiger partial charge is 0.457 e. The van der Waals surface area contributed by atoms with Crippen LogP contribution in [0.3, 0.4) is 0 Å². The zero-order valence-corrected chi connectivity index (χ0v) is 31.1. The van der Waals surface area contributed by atoms with E-state index in [-0.39, 0.29) is 11.8 Å². The number of fused-ring (bicyclic) bond motifs is 2. The quantitative estimate of drug-likeness (QED) is 0.159. The predicted molar refractivity (Wildman–Crippen MR) is 219 cm³/mol. The molecule has 2 aromatic heterocycles. The van der Waals surface area contributed by atoms with Crippen molar-refractivity contribution >= 4 is 76.9 Å². The Bertz CT molecular complexity index is 2480. The van der Waals surface area contributed by atoms with Crippen LogP contribution in [0.25, 0.3) is 44.3 Å². The van der Waals surface area contributed by atoms with Crippen molar-refractivity contribution in [2.24, 2.45) is 0 Å². The number of carbonyl (C=O) groups excluding carboxylic acids is 2. The van der Waals surface area contributed by atoms with Gasteiger partial charge in [-0.1, -0.05) is 92.5 Å². The highest BCUT2D eigenvalue weighted by molar-refractivity contribution is 9.10. The van der Waals surface area contributed by atoms with E-state index >= 15 is 0 Å². The van der Waals surface area contributed by atoms with Crippen LogP contribution in [-0.2, 0) is 0 Å². The number of nitrogens with one attached hydrogen (secondary N) is 2. The molecule has 0 radical (unpaired) electrons. The Labute approximate surface area is 322 Å². The summed E-state index contributed by atoms with van der Waals surface area (Å²) in [6, 6.07) is 48.9. The third kappa shape index (κ3) is 7.58. The Balaban J connectivity index is 0.951. The fourth-order valence-electron chi connectivity index (χ4n) is 6.06. The van der Waals surface area contributed by atoms with Crippen molar-refractivity contribution in [1.82, 2.24) is 9.97 Å². The molecule has 2 N–H and O–H groups in total. The molecule has 0 atom stereocenters.